The van der Waals surface area contributed by atoms with Crippen molar-refractivity contribution in [3.8, 4) is 11.1 Å². The van der Waals surface area contributed by atoms with Crippen molar-refractivity contribution in [2.24, 2.45) is 0 Å². The van der Waals surface area contributed by atoms with Gasteiger partial charge >= 0.3 is 0 Å². The van der Waals surface area contributed by atoms with E-state index >= 15 is 0 Å². The fraction of sp³-hybridized carbons (Fsp3) is 0.333. The van der Waals surface area contributed by atoms with E-state index in [1.54, 1.807) is 12.1 Å². The van der Waals surface area contributed by atoms with Gasteiger partial charge in [0.15, 0.2) is 0 Å². The molecule has 0 bridgehead atoms. The van der Waals surface area contributed by atoms with E-state index in [1.807, 2.05) is 13.0 Å². The van der Waals surface area contributed by atoms with Crippen LogP contribution >= 0.6 is 0 Å². The van der Waals surface area contributed by atoms with Crippen molar-refractivity contribution in [2.75, 3.05) is 0 Å². The molecule has 0 spiro atoms. The molecule has 0 fully saturated rings. The minimum absolute atomic E-state index is 0.176. The van der Waals surface area contributed by atoms with Crippen molar-refractivity contribution in [2.45, 2.75) is 40.3 Å². The van der Waals surface area contributed by atoms with Crippen molar-refractivity contribution in [3.05, 3.63) is 58.9 Å². The molecule has 0 saturated heterocycles. The van der Waals surface area contributed by atoms with E-state index in [1.165, 1.54) is 11.1 Å². The fourth-order valence-corrected chi connectivity index (χ4v) is 2.30. The monoisotopic (exact) mass is 271 g/mol. The van der Waals surface area contributed by atoms with E-state index in [0.717, 1.165) is 23.2 Å². The molecule has 0 atom stereocenters. The highest BCUT2D eigenvalue weighted by molar-refractivity contribution is 5.68. The topological polar surface area (TPSA) is 12.0 Å². The molecule has 0 saturated carbocycles. The van der Waals surface area contributed by atoms with Crippen LogP contribution in [0.4, 0.5) is 4.39 Å². The molecule has 0 heterocycles. The van der Waals surface area contributed by atoms with Gasteiger partial charge in [-0.05, 0) is 59.9 Å². The Balaban J connectivity index is 2.37. The zero-order valence-corrected chi connectivity index (χ0v) is 12.6. The normalized spacial score (nSPS) is 11.1. The van der Waals surface area contributed by atoms with Gasteiger partial charge in [0.2, 0.25) is 0 Å². The summed E-state index contributed by atoms with van der Waals surface area (Å²) in [5.41, 5.74) is 5.40. The van der Waals surface area contributed by atoms with Crippen molar-refractivity contribution >= 4 is 0 Å². The Bertz CT molecular complexity index is 582. The fourth-order valence-electron chi connectivity index (χ4n) is 2.30. The lowest BCUT2D eigenvalue weighted by atomic mass is 9.96. The Morgan fingerprint density at radius 2 is 1.80 bits per heavy atom. The Hall–Kier alpha value is -1.67. The molecule has 0 aliphatic rings. The first-order valence-corrected chi connectivity index (χ1v) is 7.06. The molecule has 0 aliphatic heterocycles. The minimum Gasteiger partial charge on any atom is -0.310 e. The number of aryl methyl sites for hydroxylation is 2. The summed E-state index contributed by atoms with van der Waals surface area (Å²) in [6, 6.07) is 12.0. The summed E-state index contributed by atoms with van der Waals surface area (Å²) in [6.07, 6.45) is 0. The van der Waals surface area contributed by atoms with E-state index in [-0.39, 0.29) is 5.82 Å². The van der Waals surface area contributed by atoms with E-state index in [9.17, 15) is 4.39 Å². The molecule has 0 radical (unpaired) electrons. The van der Waals surface area contributed by atoms with Crippen LogP contribution in [0.1, 0.15) is 30.5 Å². The van der Waals surface area contributed by atoms with Gasteiger partial charge in [-0.15, -0.1) is 0 Å². The third-order valence-electron chi connectivity index (χ3n) is 3.37. The van der Waals surface area contributed by atoms with Crippen molar-refractivity contribution in [3.63, 3.8) is 0 Å². The maximum atomic E-state index is 13.6. The summed E-state index contributed by atoms with van der Waals surface area (Å²) in [6.45, 7) is 9.08. The van der Waals surface area contributed by atoms with Gasteiger partial charge in [0, 0.05) is 12.6 Å². The van der Waals surface area contributed by atoms with Crippen LogP contribution in [-0.4, -0.2) is 6.04 Å². The number of rotatable bonds is 4. The standard InChI is InChI=1S/C18H22FN/c1-12(2)20-11-15-6-5-14(4)18(9-15)16-7-13(3)8-17(19)10-16/h5-10,12,20H,11H2,1-4H3. The maximum absolute atomic E-state index is 13.6. The molecule has 0 amide bonds. The summed E-state index contributed by atoms with van der Waals surface area (Å²) < 4.78 is 13.6. The molecule has 1 N–H and O–H groups in total. The Kier molecular flexibility index (Phi) is 4.56. The van der Waals surface area contributed by atoms with Gasteiger partial charge in [0.1, 0.15) is 5.82 Å². The predicted molar refractivity (Wildman–Crippen MR) is 83.3 cm³/mol. The molecule has 2 rings (SSSR count). The number of hydrogen-bond acceptors (Lipinski definition) is 1. The number of hydrogen-bond donors (Lipinski definition) is 1. The average molecular weight is 271 g/mol. The first-order chi connectivity index (χ1) is 9.45. The second-order valence-corrected chi connectivity index (χ2v) is 5.70. The van der Waals surface area contributed by atoms with Crippen LogP contribution in [0, 0.1) is 19.7 Å². The summed E-state index contributed by atoms with van der Waals surface area (Å²) in [7, 11) is 0. The average Bonchev–Trinajstić information content (AvgIpc) is 2.36. The lowest BCUT2D eigenvalue weighted by Gasteiger charge is -2.12. The lowest BCUT2D eigenvalue weighted by Crippen LogP contribution is -2.21. The van der Waals surface area contributed by atoms with Crippen LogP contribution in [-0.2, 0) is 6.54 Å². The Labute approximate surface area is 120 Å². The molecule has 20 heavy (non-hydrogen) atoms. The van der Waals surface area contributed by atoms with E-state index in [2.05, 4.69) is 44.3 Å². The van der Waals surface area contributed by atoms with Crippen molar-refractivity contribution in [1.82, 2.24) is 5.32 Å². The number of nitrogens with one attached hydrogen (secondary N) is 1. The first kappa shape index (κ1) is 14.7. The largest absolute Gasteiger partial charge is 0.310 e. The van der Waals surface area contributed by atoms with Gasteiger partial charge in [0.05, 0.1) is 0 Å². The highest BCUT2D eigenvalue weighted by atomic mass is 19.1. The van der Waals surface area contributed by atoms with Crippen LogP contribution in [0.2, 0.25) is 0 Å². The van der Waals surface area contributed by atoms with E-state index in [4.69, 9.17) is 0 Å². The molecule has 2 aromatic carbocycles. The summed E-state index contributed by atoms with van der Waals surface area (Å²) >= 11 is 0. The zero-order valence-electron chi connectivity index (χ0n) is 12.6. The molecule has 2 heteroatoms. The molecule has 1 nitrogen and oxygen atoms in total. The van der Waals surface area contributed by atoms with Gasteiger partial charge in [0.25, 0.3) is 0 Å². The minimum atomic E-state index is -0.176. The van der Waals surface area contributed by atoms with E-state index < -0.39 is 0 Å². The molecule has 0 aromatic heterocycles. The van der Waals surface area contributed by atoms with Crippen LogP contribution in [0.5, 0.6) is 0 Å². The van der Waals surface area contributed by atoms with Crippen LogP contribution in [0.15, 0.2) is 36.4 Å². The molecule has 106 valence electrons. The predicted octanol–water partition coefficient (Wildman–Crippen LogP) is 4.61. The van der Waals surface area contributed by atoms with Crippen LogP contribution in [0.25, 0.3) is 11.1 Å². The summed E-state index contributed by atoms with van der Waals surface area (Å²) in [4.78, 5) is 0. The quantitative estimate of drug-likeness (QED) is 0.856. The molecular weight excluding hydrogens is 249 g/mol. The molecule has 2 aromatic rings. The molecule has 0 aliphatic carbocycles. The first-order valence-electron chi connectivity index (χ1n) is 7.06. The third kappa shape index (κ3) is 3.67. The Morgan fingerprint density at radius 1 is 1.05 bits per heavy atom. The second kappa shape index (κ2) is 6.19. The van der Waals surface area contributed by atoms with Gasteiger partial charge in [-0.2, -0.15) is 0 Å². The van der Waals surface area contributed by atoms with E-state index in [0.29, 0.717) is 6.04 Å². The smallest absolute Gasteiger partial charge is 0.124 e. The van der Waals surface area contributed by atoms with Crippen LogP contribution in [0.3, 0.4) is 0 Å². The van der Waals surface area contributed by atoms with Gasteiger partial charge < -0.3 is 5.32 Å². The van der Waals surface area contributed by atoms with Gasteiger partial charge in [-0.3, -0.25) is 0 Å². The van der Waals surface area contributed by atoms with Crippen LogP contribution < -0.4 is 5.32 Å². The number of halogens is 1. The van der Waals surface area contributed by atoms with Gasteiger partial charge in [-0.1, -0.05) is 32.0 Å². The highest BCUT2D eigenvalue weighted by Crippen LogP contribution is 2.26. The van der Waals surface area contributed by atoms with Crippen molar-refractivity contribution in [1.29, 1.82) is 0 Å². The van der Waals surface area contributed by atoms with Gasteiger partial charge in [-0.25, -0.2) is 4.39 Å². The summed E-state index contributed by atoms with van der Waals surface area (Å²) in [5, 5.41) is 3.41. The highest BCUT2D eigenvalue weighted by Gasteiger charge is 2.06. The number of benzene rings is 2. The Morgan fingerprint density at radius 3 is 2.45 bits per heavy atom. The molecule has 0 unspecified atom stereocenters. The second-order valence-electron chi connectivity index (χ2n) is 5.70. The third-order valence-corrected chi connectivity index (χ3v) is 3.37. The van der Waals surface area contributed by atoms with Crippen molar-refractivity contribution < 1.29 is 4.39 Å². The summed E-state index contributed by atoms with van der Waals surface area (Å²) in [5.74, 6) is -0.176. The maximum Gasteiger partial charge on any atom is 0.124 e. The zero-order chi connectivity index (χ0) is 14.7. The molecular formula is C18H22FN. The lowest BCUT2D eigenvalue weighted by molar-refractivity contribution is 0.589. The SMILES string of the molecule is Cc1cc(F)cc(-c2cc(CNC(C)C)ccc2C)c1.